The van der Waals surface area contributed by atoms with E-state index in [-0.39, 0.29) is 12.0 Å². The van der Waals surface area contributed by atoms with E-state index >= 15 is 0 Å². The first kappa shape index (κ1) is 10.8. The fourth-order valence-corrected chi connectivity index (χ4v) is 2.97. The summed E-state index contributed by atoms with van der Waals surface area (Å²) in [6.07, 6.45) is 1.01. The van der Waals surface area contributed by atoms with Gasteiger partial charge in [0.25, 0.3) is 0 Å². The first-order valence-electron chi connectivity index (χ1n) is 6.11. The molecule has 3 rings (SSSR count). The van der Waals surface area contributed by atoms with E-state index < -0.39 is 0 Å². The lowest BCUT2D eigenvalue weighted by molar-refractivity contribution is 0.264. The second-order valence-corrected chi connectivity index (χ2v) is 4.97. The van der Waals surface area contributed by atoms with Crippen molar-refractivity contribution in [3.63, 3.8) is 0 Å². The Morgan fingerprint density at radius 3 is 2.65 bits per heavy atom. The van der Waals surface area contributed by atoms with Gasteiger partial charge in [0.2, 0.25) is 0 Å². The van der Waals surface area contributed by atoms with Gasteiger partial charge in [0, 0.05) is 18.6 Å². The van der Waals surface area contributed by atoms with Crippen LogP contribution in [0.4, 0.5) is 0 Å². The van der Waals surface area contributed by atoms with Crippen LogP contribution >= 0.6 is 0 Å². The number of fused-ring (bicyclic) bond motifs is 1. The highest BCUT2D eigenvalue weighted by Gasteiger charge is 2.54. The number of hydrogen-bond donors (Lipinski definition) is 2. The Hall–Kier alpha value is -1.38. The van der Waals surface area contributed by atoms with Gasteiger partial charge in [-0.2, -0.15) is 0 Å². The molecule has 17 heavy (non-hydrogen) atoms. The van der Waals surface area contributed by atoms with Crippen LogP contribution in [0.25, 0.3) is 10.8 Å². The predicted molar refractivity (Wildman–Crippen MR) is 69.9 cm³/mol. The number of hydrogen-bond acceptors (Lipinski definition) is 2. The van der Waals surface area contributed by atoms with Crippen molar-refractivity contribution in [2.75, 3.05) is 13.2 Å². The zero-order chi connectivity index (χ0) is 11.9. The van der Waals surface area contributed by atoms with Crippen LogP contribution < -0.4 is 5.73 Å². The molecule has 1 aliphatic carbocycles. The Balaban J connectivity index is 2.18. The molecule has 2 nitrogen and oxygen atoms in total. The minimum Gasteiger partial charge on any atom is -0.396 e. The van der Waals surface area contributed by atoms with Crippen LogP contribution in [0.3, 0.4) is 0 Å². The van der Waals surface area contributed by atoms with Gasteiger partial charge in [0.05, 0.1) is 0 Å². The second kappa shape index (κ2) is 3.83. The Kier molecular flexibility index (Phi) is 2.42. The highest BCUT2D eigenvalue weighted by molar-refractivity contribution is 5.87. The maximum Gasteiger partial charge on any atom is 0.0468 e. The Morgan fingerprint density at radius 1 is 1.18 bits per heavy atom. The molecule has 0 amide bonds. The van der Waals surface area contributed by atoms with Crippen LogP contribution in [0.15, 0.2) is 42.5 Å². The van der Waals surface area contributed by atoms with Crippen LogP contribution in [0.5, 0.6) is 0 Å². The summed E-state index contributed by atoms with van der Waals surface area (Å²) >= 11 is 0. The average Bonchev–Trinajstić information content (AvgIpc) is 3.13. The van der Waals surface area contributed by atoms with Crippen molar-refractivity contribution in [1.82, 2.24) is 0 Å². The van der Waals surface area contributed by atoms with Crippen molar-refractivity contribution in [3.8, 4) is 0 Å². The van der Waals surface area contributed by atoms with Gasteiger partial charge in [-0.05, 0) is 28.7 Å². The van der Waals surface area contributed by atoms with Gasteiger partial charge >= 0.3 is 0 Å². The Morgan fingerprint density at radius 2 is 1.94 bits per heavy atom. The van der Waals surface area contributed by atoms with E-state index in [9.17, 15) is 5.11 Å². The molecule has 1 saturated carbocycles. The number of nitrogens with two attached hydrogens (primary N) is 1. The fraction of sp³-hybridized carbons (Fsp3) is 0.333. The quantitative estimate of drug-likeness (QED) is 0.843. The molecule has 2 atom stereocenters. The van der Waals surface area contributed by atoms with Crippen molar-refractivity contribution in [1.29, 1.82) is 0 Å². The van der Waals surface area contributed by atoms with E-state index in [0.717, 1.165) is 6.42 Å². The molecule has 0 radical (unpaired) electrons. The summed E-state index contributed by atoms with van der Waals surface area (Å²) in [5.41, 5.74) is 7.26. The zero-order valence-electron chi connectivity index (χ0n) is 9.76. The fourth-order valence-electron chi connectivity index (χ4n) is 2.97. The molecular weight excluding hydrogens is 210 g/mol. The molecule has 2 aromatic rings. The minimum atomic E-state index is 0.00954. The molecular formula is C15H17NO. The molecule has 88 valence electrons. The first-order valence-corrected chi connectivity index (χ1v) is 6.11. The van der Waals surface area contributed by atoms with Gasteiger partial charge in [-0.1, -0.05) is 42.5 Å². The van der Waals surface area contributed by atoms with E-state index in [1.807, 2.05) is 0 Å². The molecule has 2 aromatic carbocycles. The van der Waals surface area contributed by atoms with Crippen molar-refractivity contribution in [3.05, 3.63) is 48.0 Å². The summed E-state index contributed by atoms with van der Waals surface area (Å²) in [5.74, 6) is 0.332. The number of rotatable bonds is 3. The summed E-state index contributed by atoms with van der Waals surface area (Å²) in [4.78, 5) is 0. The molecule has 0 aliphatic heterocycles. The number of aliphatic hydroxyl groups is 1. The van der Waals surface area contributed by atoms with Crippen LogP contribution in [0.2, 0.25) is 0 Å². The summed E-state index contributed by atoms with van der Waals surface area (Å²) in [6, 6.07) is 14.8. The lowest BCUT2D eigenvalue weighted by atomic mass is 9.89. The van der Waals surface area contributed by atoms with Crippen molar-refractivity contribution in [2.45, 2.75) is 11.8 Å². The second-order valence-electron chi connectivity index (χ2n) is 4.97. The number of aliphatic hydroxyl groups excluding tert-OH is 1. The number of benzene rings is 2. The van der Waals surface area contributed by atoms with Gasteiger partial charge in [-0.15, -0.1) is 0 Å². The highest BCUT2D eigenvalue weighted by Crippen LogP contribution is 2.54. The molecule has 0 spiro atoms. The molecule has 2 heteroatoms. The van der Waals surface area contributed by atoms with E-state index in [2.05, 4.69) is 42.5 Å². The Bertz CT molecular complexity index is 546. The summed E-state index contributed by atoms with van der Waals surface area (Å²) in [5, 5.41) is 11.9. The minimum absolute atomic E-state index is 0.00954. The Labute approximate surface area is 101 Å². The lowest BCUT2D eigenvalue weighted by Gasteiger charge is -2.17. The van der Waals surface area contributed by atoms with Crippen LogP contribution in [-0.2, 0) is 5.41 Å². The van der Waals surface area contributed by atoms with E-state index in [1.165, 1.54) is 16.3 Å². The van der Waals surface area contributed by atoms with E-state index in [0.29, 0.717) is 12.5 Å². The van der Waals surface area contributed by atoms with Crippen LogP contribution in [0, 0.1) is 5.92 Å². The third-order valence-corrected chi connectivity index (χ3v) is 4.14. The molecule has 3 N–H and O–H groups in total. The van der Waals surface area contributed by atoms with E-state index in [1.54, 1.807) is 0 Å². The molecule has 0 saturated heterocycles. The molecule has 0 bridgehead atoms. The van der Waals surface area contributed by atoms with E-state index in [4.69, 9.17) is 5.73 Å². The van der Waals surface area contributed by atoms with Gasteiger partial charge in [-0.25, -0.2) is 0 Å². The third kappa shape index (κ3) is 1.48. The van der Waals surface area contributed by atoms with Crippen molar-refractivity contribution < 1.29 is 5.11 Å². The van der Waals surface area contributed by atoms with Crippen molar-refractivity contribution in [2.24, 2.45) is 11.7 Å². The maximum atomic E-state index is 9.35. The lowest BCUT2D eigenvalue weighted by Crippen LogP contribution is -2.23. The molecule has 0 unspecified atom stereocenters. The van der Waals surface area contributed by atoms with Gasteiger partial charge in [0.15, 0.2) is 0 Å². The SMILES string of the molecule is NC[C@]1(c2cccc3ccccc23)C[C@@H]1CO. The topological polar surface area (TPSA) is 46.2 Å². The van der Waals surface area contributed by atoms with Crippen molar-refractivity contribution >= 4 is 10.8 Å². The monoisotopic (exact) mass is 227 g/mol. The first-order chi connectivity index (χ1) is 8.31. The van der Waals surface area contributed by atoms with Gasteiger partial charge < -0.3 is 10.8 Å². The largest absolute Gasteiger partial charge is 0.396 e. The summed E-state index contributed by atoms with van der Waals surface area (Å²) in [6.45, 7) is 0.854. The smallest absolute Gasteiger partial charge is 0.0468 e. The normalized spacial score (nSPS) is 27.3. The average molecular weight is 227 g/mol. The zero-order valence-corrected chi connectivity index (χ0v) is 9.76. The third-order valence-electron chi connectivity index (χ3n) is 4.14. The van der Waals surface area contributed by atoms with Crippen LogP contribution in [-0.4, -0.2) is 18.3 Å². The van der Waals surface area contributed by atoms with Gasteiger partial charge in [-0.3, -0.25) is 0 Å². The molecule has 1 aliphatic rings. The predicted octanol–water partition coefficient (Wildman–Crippen LogP) is 2.05. The maximum absolute atomic E-state index is 9.35. The summed E-state index contributed by atoms with van der Waals surface area (Å²) in [7, 11) is 0. The van der Waals surface area contributed by atoms with Gasteiger partial charge in [0.1, 0.15) is 0 Å². The van der Waals surface area contributed by atoms with Crippen LogP contribution in [0.1, 0.15) is 12.0 Å². The molecule has 1 fully saturated rings. The molecule has 0 aromatic heterocycles. The highest BCUT2D eigenvalue weighted by atomic mass is 16.3. The standard InChI is InChI=1S/C15H17NO/c16-10-15(8-12(15)9-17)14-7-3-5-11-4-1-2-6-13(11)14/h1-7,12,17H,8-10,16H2/t12-,15-/m1/s1. The molecule has 0 heterocycles. The summed E-state index contributed by atoms with van der Waals surface area (Å²) < 4.78 is 0.